The summed E-state index contributed by atoms with van der Waals surface area (Å²) < 4.78 is 1.55. The Morgan fingerprint density at radius 2 is 2.41 bits per heavy atom. The Kier molecular flexibility index (Phi) is 3.73. The lowest BCUT2D eigenvalue weighted by Crippen LogP contribution is -2.50. The minimum absolute atomic E-state index is 0.0813. The van der Waals surface area contributed by atoms with Gasteiger partial charge in [0, 0.05) is 19.1 Å². The second-order valence-corrected chi connectivity index (χ2v) is 4.70. The van der Waals surface area contributed by atoms with Gasteiger partial charge < -0.3 is 10.6 Å². The van der Waals surface area contributed by atoms with Crippen molar-refractivity contribution in [1.82, 2.24) is 19.7 Å². The zero-order valence-corrected chi connectivity index (χ0v) is 10.1. The van der Waals surface area contributed by atoms with Crippen LogP contribution in [0.3, 0.4) is 0 Å². The van der Waals surface area contributed by atoms with Gasteiger partial charge in [-0.3, -0.25) is 4.79 Å². The van der Waals surface area contributed by atoms with Crippen LogP contribution >= 0.6 is 0 Å². The molecular weight excluding hydrogens is 218 g/mol. The lowest BCUT2D eigenvalue weighted by Gasteiger charge is -2.38. The molecule has 6 heteroatoms. The Morgan fingerprint density at radius 1 is 1.59 bits per heavy atom. The number of carbonyl (C=O) groups is 1. The molecule has 1 fully saturated rings. The van der Waals surface area contributed by atoms with Crippen molar-refractivity contribution in [3.05, 3.63) is 12.7 Å². The summed E-state index contributed by atoms with van der Waals surface area (Å²) in [4.78, 5) is 17.8. The Morgan fingerprint density at radius 3 is 3.06 bits per heavy atom. The van der Waals surface area contributed by atoms with Gasteiger partial charge in [-0.15, -0.1) is 0 Å². The van der Waals surface area contributed by atoms with E-state index < -0.39 is 0 Å². The summed E-state index contributed by atoms with van der Waals surface area (Å²) in [5.41, 5.74) is 5.74. The van der Waals surface area contributed by atoms with Crippen LogP contribution in [0.5, 0.6) is 0 Å². The number of piperidine rings is 1. The molecule has 17 heavy (non-hydrogen) atoms. The summed E-state index contributed by atoms with van der Waals surface area (Å²) in [7, 11) is 0. The minimum Gasteiger partial charge on any atom is -0.337 e. The molecule has 0 radical (unpaired) electrons. The maximum Gasteiger partial charge on any atom is 0.244 e. The van der Waals surface area contributed by atoms with Crippen molar-refractivity contribution >= 4 is 5.91 Å². The highest BCUT2D eigenvalue weighted by molar-refractivity contribution is 5.76. The summed E-state index contributed by atoms with van der Waals surface area (Å²) >= 11 is 0. The summed E-state index contributed by atoms with van der Waals surface area (Å²) in [6.07, 6.45) is 5.05. The van der Waals surface area contributed by atoms with Crippen molar-refractivity contribution in [3.63, 3.8) is 0 Å². The quantitative estimate of drug-likeness (QED) is 0.794. The topological polar surface area (TPSA) is 77.0 Å². The number of hydrogen-bond acceptors (Lipinski definition) is 4. The number of hydrogen-bond donors (Lipinski definition) is 1. The van der Waals surface area contributed by atoms with Crippen LogP contribution in [0.15, 0.2) is 12.7 Å². The Hall–Kier alpha value is -1.43. The molecule has 1 aromatic heterocycles. The van der Waals surface area contributed by atoms with Crippen LogP contribution in [-0.2, 0) is 11.3 Å². The van der Waals surface area contributed by atoms with E-state index in [1.807, 2.05) is 4.90 Å². The predicted molar refractivity (Wildman–Crippen MR) is 63.0 cm³/mol. The van der Waals surface area contributed by atoms with Gasteiger partial charge in [-0.25, -0.2) is 9.67 Å². The fourth-order valence-corrected chi connectivity index (χ4v) is 2.35. The third-order valence-corrected chi connectivity index (χ3v) is 3.33. The number of aromatic nitrogens is 3. The van der Waals surface area contributed by atoms with Crippen molar-refractivity contribution in [2.45, 2.75) is 32.4 Å². The van der Waals surface area contributed by atoms with E-state index in [2.05, 4.69) is 17.0 Å². The molecule has 0 bridgehead atoms. The molecule has 2 N–H and O–H groups in total. The van der Waals surface area contributed by atoms with E-state index in [0.29, 0.717) is 12.5 Å². The Balaban J connectivity index is 1.98. The van der Waals surface area contributed by atoms with Gasteiger partial charge in [0.1, 0.15) is 19.2 Å². The Bertz CT molecular complexity index is 364. The third kappa shape index (κ3) is 2.82. The van der Waals surface area contributed by atoms with Gasteiger partial charge in [0.05, 0.1) is 0 Å². The zero-order valence-electron chi connectivity index (χ0n) is 10.1. The second-order valence-electron chi connectivity index (χ2n) is 4.70. The molecule has 94 valence electrons. The summed E-state index contributed by atoms with van der Waals surface area (Å²) in [6, 6.07) is 0.176. The summed E-state index contributed by atoms with van der Waals surface area (Å²) in [6.45, 7) is 3.80. The molecule has 0 aromatic carbocycles. The van der Waals surface area contributed by atoms with E-state index in [1.165, 1.54) is 6.33 Å². The number of rotatable bonds is 3. The minimum atomic E-state index is 0.0813. The molecular formula is C11H19N5O. The van der Waals surface area contributed by atoms with E-state index in [4.69, 9.17) is 5.73 Å². The average Bonchev–Trinajstić information content (AvgIpc) is 2.81. The van der Waals surface area contributed by atoms with E-state index in [-0.39, 0.29) is 18.5 Å². The van der Waals surface area contributed by atoms with Gasteiger partial charge in [-0.2, -0.15) is 5.10 Å². The molecule has 0 aliphatic carbocycles. The molecule has 2 atom stereocenters. The highest BCUT2D eigenvalue weighted by atomic mass is 16.2. The van der Waals surface area contributed by atoms with Crippen LogP contribution in [0.2, 0.25) is 0 Å². The smallest absolute Gasteiger partial charge is 0.244 e. The first-order chi connectivity index (χ1) is 8.20. The average molecular weight is 237 g/mol. The number of likely N-dealkylation sites (tertiary alicyclic amines) is 1. The highest BCUT2D eigenvalue weighted by Crippen LogP contribution is 2.22. The summed E-state index contributed by atoms with van der Waals surface area (Å²) in [5, 5.41) is 3.94. The zero-order chi connectivity index (χ0) is 12.3. The van der Waals surface area contributed by atoms with E-state index in [0.717, 1.165) is 19.4 Å². The lowest BCUT2D eigenvalue weighted by molar-refractivity contribution is -0.136. The number of nitrogens with zero attached hydrogens (tertiary/aromatic N) is 4. The van der Waals surface area contributed by atoms with Crippen LogP contribution in [0.25, 0.3) is 0 Å². The van der Waals surface area contributed by atoms with Crippen molar-refractivity contribution in [3.8, 4) is 0 Å². The normalized spacial score (nSPS) is 24.9. The van der Waals surface area contributed by atoms with Crippen molar-refractivity contribution in [2.75, 3.05) is 13.1 Å². The fraction of sp³-hybridized carbons (Fsp3) is 0.727. The SMILES string of the molecule is CC1CCN(C(=O)Cn2cncn2)C(CN)C1. The predicted octanol–water partition coefficient (Wildman–Crippen LogP) is -0.136. The third-order valence-electron chi connectivity index (χ3n) is 3.33. The molecule has 2 heterocycles. The van der Waals surface area contributed by atoms with Gasteiger partial charge in [0.15, 0.2) is 0 Å². The molecule has 1 amide bonds. The van der Waals surface area contributed by atoms with E-state index >= 15 is 0 Å². The van der Waals surface area contributed by atoms with Gasteiger partial charge in [0.2, 0.25) is 5.91 Å². The van der Waals surface area contributed by atoms with Crippen molar-refractivity contribution in [1.29, 1.82) is 0 Å². The first kappa shape index (κ1) is 12.0. The van der Waals surface area contributed by atoms with Crippen molar-refractivity contribution in [2.24, 2.45) is 11.7 Å². The molecule has 1 aromatic rings. The maximum absolute atomic E-state index is 12.1. The van der Waals surface area contributed by atoms with Crippen LogP contribution < -0.4 is 5.73 Å². The van der Waals surface area contributed by atoms with Crippen LogP contribution in [-0.4, -0.2) is 44.7 Å². The van der Waals surface area contributed by atoms with E-state index in [9.17, 15) is 4.79 Å². The molecule has 0 spiro atoms. The maximum atomic E-state index is 12.1. The Labute approximate surface area is 101 Å². The standard InChI is InChI=1S/C11H19N5O/c1-9-2-3-16(10(4-9)5-12)11(17)6-15-8-13-7-14-15/h7-10H,2-6,12H2,1H3. The largest absolute Gasteiger partial charge is 0.337 e. The second kappa shape index (κ2) is 5.27. The first-order valence-electron chi connectivity index (χ1n) is 6.02. The highest BCUT2D eigenvalue weighted by Gasteiger charge is 2.28. The lowest BCUT2D eigenvalue weighted by atomic mass is 9.92. The fourth-order valence-electron chi connectivity index (χ4n) is 2.35. The van der Waals surface area contributed by atoms with Gasteiger partial charge >= 0.3 is 0 Å². The molecule has 1 aliphatic rings. The number of amides is 1. The summed E-state index contributed by atoms with van der Waals surface area (Å²) in [5.74, 6) is 0.733. The van der Waals surface area contributed by atoms with Gasteiger partial charge in [-0.1, -0.05) is 6.92 Å². The van der Waals surface area contributed by atoms with Gasteiger partial charge in [-0.05, 0) is 18.8 Å². The molecule has 2 unspecified atom stereocenters. The van der Waals surface area contributed by atoms with E-state index in [1.54, 1.807) is 11.0 Å². The molecule has 6 nitrogen and oxygen atoms in total. The molecule has 0 saturated carbocycles. The molecule has 1 aliphatic heterocycles. The van der Waals surface area contributed by atoms with Crippen molar-refractivity contribution < 1.29 is 4.79 Å². The number of nitrogens with two attached hydrogens (primary N) is 1. The first-order valence-corrected chi connectivity index (χ1v) is 6.02. The number of carbonyl (C=O) groups excluding carboxylic acids is 1. The van der Waals surface area contributed by atoms with Crippen LogP contribution in [0.4, 0.5) is 0 Å². The van der Waals surface area contributed by atoms with Crippen LogP contribution in [0, 0.1) is 5.92 Å². The monoisotopic (exact) mass is 237 g/mol. The molecule has 2 rings (SSSR count). The molecule has 1 saturated heterocycles. The van der Waals surface area contributed by atoms with Gasteiger partial charge in [0.25, 0.3) is 0 Å². The van der Waals surface area contributed by atoms with Crippen LogP contribution in [0.1, 0.15) is 19.8 Å².